The second kappa shape index (κ2) is 5.98. The molecule has 0 saturated heterocycles. The number of esters is 1. The maximum Gasteiger partial charge on any atom is 0.337 e. The van der Waals surface area contributed by atoms with Gasteiger partial charge in [0.2, 0.25) is 0 Å². The first kappa shape index (κ1) is 11.5. The van der Waals surface area contributed by atoms with E-state index < -0.39 is 0 Å². The molecule has 3 heteroatoms. The molecule has 1 aromatic carbocycles. The first-order chi connectivity index (χ1) is 7.27. The lowest BCUT2D eigenvalue weighted by Gasteiger charge is -1.99. The van der Waals surface area contributed by atoms with Gasteiger partial charge in [0.15, 0.2) is 0 Å². The van der Waals surface area contributed by atoms with Crippen LogP contribution in [-0.2, 0) is 4.74 Å². The Morgan fingerprint density at radius 2 is 2.07 bits per heavy atom. The number of benzene rings is 1. The van der Waals surface area contributed by atoms with E-state index >= 15 is 0 Å². The minimum atomic E-state index is -0.305. The van der Waals surface area contributed by atoms with Crippen molar-refractivity contribution in [3.8, 4) is 0 Å². The van der Waals surface area contributed by atoms with Crippen LogP contribution in [0, 0.1) is 0 Å². The molecule has 0 radical (unpaired) electrons. The van der Waals surface area contributed by atoms with Crippen molar-refractivity contribution < 1.29 is 9.53 Å². The van der Waals surface area contributed by atoms with Gasteiger partial charge in [-0.05, 0) is 24.7 Å². The van der Waals surface area contributed by atoms with Crippen LogP contribution >= 0.6 is 0 Å². The van der Waals surface area contributed by atoms with Gasteiger partial charge in [-0.25, -0.2) is 4.79 Å². The Morgan fingerprint density at radius 3 is 2.60 bits per heavy atom. The van der Waals surface area contributed by atoms with Crippen molar-refractivity contribution >= 4 is 12.0 Å². The lowest BCUT2D eigenvalue weighted by molar-refractivity contribution is 0.0601. The predicted octanol–water partition coefficient (Wildman–Crippen LogP) is 1.71. The number of likely N-dealkylation sites (N-methyl/N-ethyl adjacent to an activating group) is 1. The van der Waals surface area contributed by atoms with E-state index in [1.807, 2.05) is 31.3 Å². The van der Waals surface area contributed by atoms with Crippen molar-refractivity contribution in [2.24, 2.45) is 0 Å². The van der Waals surface area contributed by atoms with Gasteiger partial charge in [0.05, 0.1) is 12.7 Å². The van der Waals surface area contributed by atoms with Crippen molar-refractivity contribution in [1.29, 1.82) is 0 Å². The zero-order chi connectivity index (χ0) is 11.1. The van der Waals surface area contributed by atoms with Gasteiger partial charge in [-0.3, -0.25) is 0 Å². The number of carbonyl (C=O) groups excluding carboxylic acids is 1. The van der Waals surface area contributed by atoms with E-state index in [0.29, 0.717) is 5.56 Å². The molecule has 0 fully saturated rings. The molecule has 0 unspecified atom stereocenters. The largest absolute Gasteiger partial charge is 0.465 e. The second-order valence-corrected chi connectivity index (χ2v) is 3.07. The number of rotatable bonds is 4. The molecule has 0 aliphatic rings. The number of carbonyl (C=O) groups is 1. The minimum Gasteiger partial charge on any atom is -0.465 e. The molecule has 0 aliphatic heterocycles. The Balaban J connectivity index is 2.68. The summed E-state index contributed by atoms with van der Waals surface area (Å²) in [6.45, 7) is 0.832. The van der Waals surface area contributed by atoms with Crippen molar-refractivity contribution in [3.05, 3.63) is 41.5 Å². The Hall–Kier alpha value is -1.61. The van der Waals surface area contributed by atoms with E-state index in [9.17, 15) is 4.79 Å². The van der Waals surface area contributed by atoms with Crippen molar-refractivity contribution in [1.82, 2.24) is 5.32 Å². The van der Waals surface area contributed by atoms with Gasteiger partial charge >= 0.3 is 5.97 Å². The molecule has 80 valence electrons. The van der Waals surface area contributed by atoms with Crippen molar-refractivity contribution in [3.63, 3.8) is 0 Å². The molecule has 15 heavy (non-hydrogen) atoms. The van der Waals surface area contributed by atoms with Crippen LogP contribution in [0.15, 0.2) is 30.3 Å². The quantitative estimate of drug-likeness (QED) is 0.760. The van der Waals surface area contributed by atoms with Crippen LogP contribution in [-0.4, -0.2) is 26.7 Å². The fourth-order valence-electron chi connectivity index (χ4n) is 1.16. The SMILES string of the molecule is CNC/C=C\c1ccc(C(=O)OC)cc1. The predicted molar refractivity (Wildman–Crippen MR) is 60.7 cm³/mol. The summed E-state index contributed by atoms with van der Waals surface area (Å²) < 4.78 is 4.61. The smallest absolute Gasteiger partial charge is 0.337 e. The maximum absolute atomic E-state index is 11.1. The second-order valence-electron chi connectivity index (χ2n) is 3.07. The number of nitrogens with one attached hydrogen (secondary N) is 1. The Labute approximate surface area is 89.8 Å². The summed E-state index contributed by atoms with van der Waals surface area (Å²) in [4.78, 5) is 11.1. The van der Waals surface area contributed by atoms with Crippen molar-refractivity contribution in [2.45, 2.75) is 0 Å². The van der Waals surface area contributed by atoms with E-state index in [1.54, 1.807) is 12.1 Å². The molecule has 0 aromatic heterocycles. The first-order valence-electron chi connectivity index (χ1n) is 4.77. The van der Waals surface area contributed by atoms with E-state index in [-0.39, 0.29) is 5.97 Å². The van der Waals surface area contributed by atoms with Crippen LogP contribution in [0.4, 0.5) is 0 Å². The Kier molecular flexibility index (Phi) is 4.57. The highest BCUT2D eigenvalue weighted by molar-refractivity contribution is 5.89. The molecule has 0 spiro atoms. The van der Waals surface area contributed by atoms with Gasteiger partial charge in [0.25, 0.3) is 0 Å². The monoisotopic (exact) mass is 205 g/mol. The molecule has 1 rings (SSSR count). The molecule has 0 bridgehead atoms. The minimum absolute atomic E-state index is 0.305. The molecule has 1 N–H and O–H groups in total. The maximum atomic E-state index is 11.1. The summed E-state index contributed by atoms with van der Waals surface area (Å²) in [7, 11) is 3.27. The Morgan fingerprint density at radius 1 is 1.40 bits per heavy atom. The summed E-state index contributed by atoms with van der Waals surface area (Å²) in [5, 5.41) is 3.02. The normalized spacial score (nSPS) is 10.5. The molecule has 3 nitrogen and oxygen atoms in total. The topological polar surface area (TPSA) is 38.3 Å². The van der Waals surface area contributed by atoms with Gasteiger partial charge in [0, 0.05) is 6.54 Å². The van der Waals surface area contributed by atoms with Gasteiger partial charge in [-0.2, -0.15) is 0 Å². The lowest BCUT2D eigenvalue weighted by atomic mass is 10.1. The van der Waals surface area contributed by atoms with Crippen LogP contribution in [0.5, 0.6) is 0 Å². The Bertz CT molecular complexity index is 341. The molecule has 0 atom stereocenters. The third kappa shape index (κ3) is 3.56. The standard InChI is InChI=1S/C12H15NO2/c1-13-9-3-4-10-5-7-11(8-6-10)12(14)15-2/h3-8,13H,9H2,1-2H3/b4-3-. The fraction of sp³-hybridized carbons (Fsp3) is 0.250. The highest BCUT2D eigenvalue weighted by Gasteiger charge is 2.02. The van der Waals surface area contributed by atoms with Gasteiger partial charge in [0.1, 0.15) is 0 Å². The molecule has 0 saturated carbocycles. The van der Waals surface area contributed by atoms with Crippen LogP contribution < -0.4 is 5.32 Å². The summed E-state index contributed by atoms with van der Waals surface area (Å²) >= 11 is 0. The average molecular weight is 205 g/mol. The molecule has 1 aromatic rings. The molecular weight excluding hydrogens is 190 g/mol. The number of methoxy groups -OCH3 is 1. The lowest BCUT2D eigenvalue weighted by Crippen LogP contribution is -2.03. The van der Waals surface area contributed by atoms with Gasteiger partial charge in [-0.15, -0.1) is 0 Å². The molecule has 0 heterocycles. The van der Waals surface area contributed by atoms with Crippen LogP contribution in [0.1, 0.15) is 15.9 Å². The van der Waals surface area contributed by atoms with E-state index in [0.717, 1.165) is 12.1 Å². The average Bonchev–Trinajstić information content (AvgIpc) is 2.29. The van der Waals surface area contributed by atoms with Crippen molar-refractivity contribution in [2.75, 3.05) is 20.7 Å². The highest BCUT2D eigenvalue weighted by atomic mass is 16.5. The van der Waals surface area contributed by atoms with Crippen LogP contribution in [0.25, 0.3) is 6.08 Å². The fourth-order valence-corrected chi connectivity index (χ4v) is 1.16. The molecule has 0 aliphatic carbocycles. The third-order valence-electron chi connectivity index (χ3n) is 1.96. The van der Waals surface area contributed by atoms with E-state index in [2.05, 4.69) is 10.1 Å². The first-order valence-corrected chi connectivity index (χ1v) is 4.77. The summed E-state index contributed by atoms with van der Waals surface area (Å²) in [6, 6.07) is 7.28. The van der Waals surface area contributed by atoms with E-state index in [1.165, 1.54) is 7.11 Å². The third-order valence-corrected chi connectivity index (χ3v) is 1.96. The van der Waals surface area contributed by atoms with Gasteiger partial charge in [-0.1, -0.05) is 24.3 Å². The van der Waals surface area contributed by atoms with Crippen LogP contribution in [0.3, 0.4) is 0 Å². The number of ether oxygens (including phenoxy) is 1. The van der Waals surface area contributed by atoms with Crippen LogP contribution in [0.2, 0.25) is 0 Å². The summed E-state index contributed by atoms with van der Waals surface area (Å²) in [6.07, 6.45) is 4.02. The highest BCUT2D eigenvalue weighted by Crippen LogP contribution is 2.06. The van der Waals surface area contributed by atoms with Gasteiger partial charge < -0.3 is 10.1 Å². The zero-order valence-corrected chi connectivity index (χ0v) is 8.99. The summed E-state index contributed by atoms with van der Waals surface area (Å²) in [5.74, 6) is -0.305. The van der Waals surface area contributed by atoms with E-state index in [4.69, 9.17) is 0 Å². The summed E-state index contributed by atoms with van der Waals surface area (Å²) in [5.41, 5.74) is 1.64. The molecule has 0 amide bonds. The zero-order valence-electron chi connectivity index (χ0n) is 8.99. The molecular formula is C12H15NO2. The number of hydrogen-bond donors (Lipinski definition) is 1. The number of hydrogen-bond acceptors (Lipinski definition) is 3.